The quantitative estimate of drug-likeness (QED) is 0.657. The number of nitrogens with two attached hydrogens (primary N) is 1. The van der Waals surface area contributed by atoms with Crippen molar-refractivity contribution in [2.45, 2.75) is 6.42 Å². The Hall–Kier alpha value is -1.75. The van der Waals surface area contributed by atoms with Crippen LogP contribution in [0, 0.1) is 0 Å². The van der Waals surface area contributed by atoms with Crippen molar-refractivity contribution in [2.24, 2.45) is 10.7 Å². The molecule has 0 bridgehead atoms. The first-order valence-electron chi connectivity index (χ1n) is 7.05. The Balaban J connectivity index is 1.82. The zero-order valence-electron chi connectivity index (χ0n) is 12.4. The number of rotatable bonds is 4. The van der Waals surface area contributed by atoms with Gasteiger partial charge in [0, 0.05) is 39.4 Å². The van der Waals surface area contributed by atoms with Crippen LogP contribution < -0.4 is 10.6 Å². The van der Waals surface area contributed by atoms with Crippen LogP contribution in [-0.2, 0) is 11.2 Å². The summed E-state index contributed by atoms with van der Waals surface area (Å²) < 4.78 is 5.30. The summed E-state index contributed by atoms with van der Waals surface area (Å²) >= 11 is 0. The Kier molecular flexibility index (Phi) is 5.24. The fraction of sp³-hybridized carbons (Fsp3) is 0.533. The highest BCUT2D eigenvalue weighted by molar-refractivity contribution is 5.78. The average molecular weight is 276 g/mol. The van der Waals surface area contributed by atoms with Gasteiger partial charge in [0.15, 0.2) is 5.96 Å². The van der Waals surface area contributed by atoms with Gasteiger partial charge < -0.3 is 20.3 Å². The molecule has 1 fully saturated rings. The van der Waals surface area contributed by atoms with Crippen LogP contribution in [0.25, 0.3) is 0 Å². The van der Waals surface area contributed by atoms with E-state index in [0.29, 0.717) is 5.96 Å². The van der Waals surface area contributed by atoms with Crippen molar-refractivity contribution >= 4 is 11.6 Å². The number of aliphatic imine (C=N–C) groups is 1. The minimum absolute atomic E-state index is 0.637. The number of guanidine groups is 1. The molecule has 0 radical (unpaired) electrons. The number of anilines is 1. The van der Waals surface area contributed by atoms with E-state index in [1.165, 1.54) is 11.3 Å². The summed E-state index contributed by atoms with van der Waals surface area (Å²) in [5, 5.41) is 0. The number of morpholine rings is 1. The summed E-state index contributed by atoms with van der Waals surface area (Å²) in [6, 6.07) is 8.56. The molecule has 5 nitrogen and oxygen atoms in total. The van der Waals surface area contributed by atoms with Gasteiger partial charge in [-0.25, -0.2) is 0 Å². The SMILES string of the molecule is CN(C)c1ccc(CCN=C(N)N2CCOCC2)cc1. The van der Waals surface area contributed by atoms with Gasteiger partial charge in [-0.3, -0.25) is 4.99 Å². The van der Waals surface area contributed by atoms with Gasteiger partial charge in [-0.1, -0.05) is 12.1 Å². The molecule has 110 valence electrons. The molecule has 1 aliphatic heterocycles. The molecule has 0 amide bonds. The van der Waals surface area contributed by atoms with Gasteiger partial charge in [-0.15, -0.1) is 0 Å². The molecule has 2 rings (SSSR count). The first-order chi connectivity index (χ1) is 9.66. The van der Waals surface area contributed by atoms with Crippen LogP contribution in [0.3, 0.4) is 0 Å². The Labute approximate surface area is 121 Å². The summed E-state index contributed by atoms with van der Waals surface area (Å²) in [7, 11) is 4.09. The molecule has 1 aliphatic rings. The maximum atomic E-state index is 5.99. The first-order valence-corrected chi connectivity index (χ1v) is 7.05. The molecule has 5 heteroatoms. The van der Waals surface area contributed by atoms with Crippen molar-refractivity contribution in [2.75, 3.05) is 51.8 Å². The maximum Gasteiger partial charge on any atom is 0.191 e. The van der Waals surface area contributed by atoms with Gasteiger partial charge in [0.05, 0.1) is 13.2 Å². The molecule has 1 aromatic carbocycles. The van der Waals surface area contributed by atoms with E-state index in [1.54, 1.807) is 0 Å². The number of ether oxygens (including phenoxy) is 1. The largest absolute Gasteiger partial charge is 0.378 e. The molecule has 0 aliphatic carbocycles. The van der Waals surface area contributed by atoms with Crippen LogP contribution in [0.2, 0.25) is 0 Å². The predicted octanol–water partition coefficient (Wildman–Crippen LogP) is 0.942. The van der Waals surface area contributed by atoms with Crippen molar-refractivity contribution < 1.29 is 4.74 Å². The first kappa shape index (κ1) is 14.7. The number of hydrogen-bond donors (Lipinski definition) is 1. The van der Waals surface area contributed by atoms with E-state index < -0.39 is 0 Å². The lowest BCUT2D eigenvalue weighted by Crippen LogP contribution is -2.44. The summed E-state index contributed by atoms with van der Waals surface area (Å²) in [6.07, 6.45) is 0.915. The van der Waals surface area contributed by atoms with Gasteiger partial charge in [0.1, 0.15) is 0 Å². The average Bonchev–Trinajstić information content (AvgIpc) is 2.48. The lowest BCUT2D eigenvalue weighted by Gasteiger charge is -2.27. The number of benzene rings is 1. The van der Waals surface area contributed by atoms with Gasteiger partial charge in [-0.2, -0.15) is 0 Å². The Morgan fingerprint density at radius 1 is 1.25 bits per heavy atom. The van der Waals surface area contributed by atoms with E-state index >= 15 is 0 Å². The molecule has 0 saturated carbocycles. The Morgan fingerprint density at radius 2 is 1.90 bits per heavy atom. The maximum absolute atomic E-state index is 5.99. The van der Waals surface area contributed by atoms with Crippen LogP contribution in [0.1, 0.15) is 5.56 Å². The van der Waals surface area contributed by atoms with Gasteiger partial charge in [-0.05, 0) is 24.1 Å². The van der Waals surface area contributed by atoms with Gasteiger partial charge in [0.2, 0.25) is 0 Å². The van der Waals surface area contributed by atoms with Gasteiger partial charge >= 0.3 is 0 Å². The Bertz CT molecular complexity index is 436. The van der Waals surface area contributed by atoms with E-state index in [9.17, 15) is 0 Å². The standard InChI is InChI=1S/C15H24N4O/c1-18(2)14-5-3-13(4-6-14)7-8-17-15(16)19-9-11-20-12-10-19/h3-6H,7-12H2,1-2H3,(H2,16,17). The van der Waals surface area contributed by atoms with Crippen molar-refractivity contribution in [3.63, 3.8) is 0 Å². The van der Waals surface area contributed by atoms with Crippen molar-refractivity contribution in [3.05, 3.63) is 29.8 Å². The third-order valence-corrected chi connectivity index (χ3v) is 3.46. The minimum Gasteiger partial charge on any atom is -0.378 e. The Morgan fingerprint density at radius 3 is 2.50 bits per heavy atom. The highest BCUT2D eigenvalue weighted by Gasteiger charge is 2.11. The molecule has 0 spiro atoms. The summed E-state index contributed by atoms with van der Waals surface area (Å²) in [5.41, 5.74) is 8.49. The van der Waals surface area contributed by atoms with E-state index in [4.69, 9.17) is 10.5 Å². The van der Waals surface area contributed by atoms with Crippen molar-refractivity contribution in [3.8, 4) is 0 Å². The number of hydrogen-bond acceptors (Lipinski definition) is 3. The molecular formula is C15H24N4O. The monoisotopic (exact) mass is 276 g/mol. The lowest BCUT2D eigenvalue weighted by molar-refractivity contribution is 0.0674. The molecule has 1 heterocycles. The fourth-order valence-electron chi connectivity index (χ4n) is 2.15. The molecular weight excluding hydrogens is 252 g/mol. The van der Waals surface area contributed by atoms with Crippen LogP contribution in [0.15, 0.2) is 29.3 Å². The second-order valence-electron chi connectivity index (χ2n) is 5.15. The second kappa shape index (κ2) is 7.14. The minimum atomic E-state index is 0.637. The van der Waals surface area contributed by atoms with Crippen molar-refractivity contribution in [1.29, 1.82) is 0 Å². The van der Waals surface area contributed by atoms with Crippen LogP contribution >= 0.6 is 0 Å². The summed E-state index contributed by atoms with van der Waals surface area (Å²) in [6.45, 7) is 3.88. The highest BCUT2D eigenvalue weighted by Crippen LogP contribution is 2.12. The molecule has 0 aromatic heterocycles. The lowest BCUT2D eigenvalue weighted by atomic mass is 10.1. The molecule has 2 N–H and O–H groups in total. The molecule has 0 unspecified atom stereocenters. The molecule has 1 saturated heterocycles. The topological polar surface area (TPSA) is 54.1 Å². The second-order valence-corrected chi connectivity index (χ2v) is 5.15. The zero-order valence-corrected chi connectivity index (χ0v) is 12.4. The van der Waals surface area contributed by atoms with E-state index in [-0.39, 0.29) is 0 Å². The van der Waals surface area contributed by atoms with Crippen molar-refractivity contribution in [1.82, 2.24) is 4.90 Å². The van der Waals surface area contributed by atoms with E-state index in [1.807, 2.05) is 14.1 Å². The number of nitrogens with zero attached hydrogens (tertiary/aromatic N) is 3. The van der Waals surface area contributed by atoms with Crippen LogP contribution in [0.4, 0.5) is 5.69 Å². The fourth-order valence-corrected chi connectivity index (χ4v) is 2.15. The zero-order chi connectivity index (χ0) is 14.4. The smallest absolute Gasteiger partial charge is 0.191 e. The van der Waals surface area contributed by atoms with E-state index in [2.05, 4.69) is 39.1 Å². The summed E-state index contributed by atoms with van der Waals surface area (Å²) in [5.74, 6) is 0.637. The van der Waals surface area contributed by atoms with Crippen LogP contribution in [0.5, 0.6) is 0 Å². The van der Waals surface area contributed by atoms with Gasteiger partial charge in [0.25, 0.3) is 0 Å². The molecule has 0 atom stereocenters. The third kappa shape index (κ3) is 4.13. The predicted molar refractivity (Wildman–Crippen MR) is 83.4 cm³/mol. The third-order valence-electron chi connectivity index (χ3n) is 3.46. The van der Waals surface area contributed by atoms with E-state index in [0.717, 1.165) is 39.3 Å². The normalized spacial score (nSPS) is 16.3. The highest BCUT2D eigenvalue weighted by atomic mass is 16.5. The molecule has 20 heavy (non-hydrogen) atoms. The van der Waals surface area contributed by atoms with Crippen LogP contribution in [-0.4, -0.2) is 57.8 Å². The summed E-state index contributed by atoms with van der Waals surface area (Å²) in [4.78, 5) is 8.63. The molecule has 1 aromatic rings.